The maximum absolute atomic E-state index is 13.7. The normalized spacial score (nSPS) is 14.0. The Morgan fingerprint density at radius 3 is 2.69 bits per heavy atom. The molecule has 250 valence electrons. The predicted molar refractivity (Wildman–Crippen MR) is 189 cm³/mol. The zero-order chi connectivity index (χ0) is 34.8. The van der Waals surface area contributed by atoms with E-state index < -0.39 is 0 Å². The van der Waals surface area contributed by atoms with Gasteiger partial charge in [-0.25, -0.2) is 9.78 Å². The number of likely N-dealkylation sites (N-methyl/N-ethyl adjacent to an activating group) is 1. The first-order valence-corrected chi connectivity index (χ1v) is 15.9. The van der Waals surface area contributed by atoms with Crippen molar-refractivity contribution in [3.05, 3.63) is 106 Å². The molecule has 2 aromatic heterocycles. The van der Waals surface area contributed by atoms with Crippen LogP contribution < -0.4 is 15.0 Å². The smallest absolute Gasteiger partial charge is 0.291 e. The van der Waals surface area contributed by atoms with Crippen molar-refractivity contribution in [1.29, 1.82) is 0 Å². The molecule has 0 saturated carbocycles. The molecular formula is C36H35ClN8O4. The number of methoxy groups -OCH3 is 1. The SMILES string of the molecule is COc1cc(C(=O)N(C)c2cccc(-c3cccc(NC(=O)c4nc5c(n4C)CCN(C)C5)c3Cl)c2C)ncc1CN1C=CN=CC1=C=O. The molecular weight excluding hydrogens is 644 g/mol. The number of hydrogen-bond acceptors (Lipinski definition) is 9. The van der Waals surface area contributed by atoms with Gasteiger partial charge in [0.15, 0.2) is 11.8 Å². The van der Waals surface area contributed by atoms with Crippen LogP contribution in [0.3, 0.4) is 0 Å². The zero-order valence-electron chi connectivity index (χ0n) is 27.8. The number of ether oxygens (including phenoxy) is 1. The van der Waals surface area contributed by atoms with Crippen LogP contribution in [0.4, 0.5) is 11.4 Å². The fourth-order valence-corrected chi connectivity index (χ4v) is 6.40. The first-order valence-electron chi connectivity index (χ1n) is 15.6. The van der Waals surface area contributed by atoms with E-state index in [1.54, 1.807) is 42.7 Å². The van der Waals surface area contributed by atoms with Gasteiger partial charge >= 0.3 is 0 Å². The van der Waals surface area contributed by atoms with Crippen LogP contribution >= 0.6 is 11.6 Å². The number of imidazole rings is 1. The van der Waals surface area contributed by atoms with Crippen LogP contribution in [0.1, 0.15) is 43.6 Å². The summed E-state index contributed by atoms with van der Waals surface area (Å²) in [5.74, 6) is 1.96. The molecule has 0 fully saturated rings. The van der Waals surface area contributed by atoms with Gasteiger partial charge in [0.2, 0.25) is 0 Å². The van der Waals surface area contributed by atoms with E-state index in [1.165, 1.54) is 18.2 Å². The molecule has 13 heteroatoms. The number of halogens is 1. The standard InChI is InChI=1S/C36H35ClN8O4/c1-22-25(26-9-6-10-27(33(26)37)41-35(47)34-40-29-20-42(2)14-12-31(29)43(34)3)8-7-11-30(22)44(4)36(48)28-16-32(49-5)23(17-39-28)19-45-15-13-38-18-24(45)21-46/h6-11,13,15-18H,12,14,19-20H2,1-5H3,(H,41,47). The number of anilines is 2. The Bertz CT molecular complexity index is 2080. The van der Waals surface area contributed by atoms with E-state index in [0.717, 1.165) is 35.5 Å². The molecule has 4 heterocycles. The van der Waals surface area contributed by atoms with Gasteiger partial charge in [-0.2, -0.15) is 0 Å². The number of carbonyl (C=O) groups is 2. The molecule has 49 heavy (non-hydrogen) atoms. The molecule has 0 spiro atoms. The highest BCUT2D eigenvalue weighted by Gasteiger charge is 2.26. The van der Waals surface area contributed by atoms with E-state index in [9.17, 15) is 14.4 Å². The van der Waals surface area contributed by atoms with E-state index in [-0.39, 0.29) is 29.8 Å². The first-order chi connectivity index (χ1) is 23.6. The van der Waals surface area contributed by atoms with Crippen LogP contribution in [-0.4, -0.2) is 76.1 Å². The number of aromatic nitrogens is 3. The number of rotatable bonds is 8. The van der Waals surface area contributed by atoms with Crippen LogP contribution in [0, 0.1) is 6.92 Å². The number of aliphatic imine (C=N–C) groups is 1. The highest BCUT2D eigenvalue weighted by molar-refractivity contribution is 6.36. The Kier molecular flexibility index (Phi) is 9.46. The maximum atomic E-state index is 13.7. The molecule has 12 nitrogen and oxygen atoms in total. The number of allylic oxidation sites excluding steroid dienone is 1. The van der Waals surface area contributed by atoms with Crippen LogP contribution in [0.25, 0.3) is 11.1 Å². The molecule has 1 N–H and O–H groups in total. The van der Waals surface area contributed by atoms with Crippen molar-refractivity contribution < 1.29 is 19.1 Å². The number of pyridine rings is 1. The number of fused-ring (bicyclic) bond motifs is 1. The van der Waals surface area contributed by atoms with Crippen LogP contribution in [0.5, 0.6) is 5.75 Å². The highest BCUT2D eigenvalue weighted by Crippen LogP contribution is 2.38. The van der Waals surface area contributed by atoms with Crippen molar-refractivity contribution >= 4 is 46.9 Å². The third kappa shape index (κ3) is 6.49. The second kappa shape index (κ2) is 13.9. The summed E-state index contributed by atoms with van der Waals surface area (Å²) in [6.07, 6.45) is 7.03. The lowest BCUT2D eigenvalue weighted by molar-refractivity contribution is 0.0985. The average molecular weight is 679 g/mol. The second-order valence-electron chi connectivity index (χ2n) is 11.9. The third-order valence-corrected chi connectivity index (χ3v) is 9.23. The summed E-state index contributed by atoms with van der Waals surface area (Å²) in [5.41, 5.74) is 6.51. The van der Waals surface area contributed by atoms with Crippen molar-refractivity contribution in [2.45, 2.75) is 26.4 Å². The largest absolute Gasteiger partial charge is 0.496 e. The number of nitrogens with one attached hydrogen (secondary N) is 1. The number of benzene rings is 2. The fraction of sp³-hybridized carbons (Fsp3) is 0.250. The van der Waals surface area contributed by atoms with Gasteiger partial charge in [0.25, 0.3) is 11.8 Å². The quantitative estimate of drug-likeness (QED) is 0.257. The van der Waals surface area contributed by atoms with Crippen LogP contribution in [-0.2, 0) is 31.4 Å². The Morgan fingerprint density at radius 2 is 1.92 bits per heavy atom. The fourth-order valence-electron chi connectivity index (χ4n) is 6.12. The molecule has 2 amide bonds. The number of carbonyl (C=O) groups excluding carboxylic acids is 3. The summed E-state index contributed by atoms with van der Waals surface area (Å²) in [6, 6.07) is 12.7. The second-order valence-corrected chi connectivity index (χ2v) is 12.3. The molecule has 2 aromatic carbocycles. The predicted octanol–water partition coefficient (Wildman–Crippen LogP) is 5.04. The molecule has 0 aliphatic carbocycles. The van der Waals surface area contributed by atoms with Gasteiger partial charge in [0, 0.05) is 80.8 Å². The van der Waals surface area contributed by atoms with Gasteiger partial charge in [-0.3, -0.25) is 19.6 Å². The summed E-state index contributed by atoms with van der Waals surface area (Å²) >= 11 is 6.94. The summed E-state index contributed by atoms with van der Waals surface area (Å²) in [7, 11) is 7.09. The third-order valence-electron chi connectivity index (χ3n) is 8.82. The molecule has 2 aliphatic heterocycles. The van der Waals surface area contributed by atoms with Gasteiger partial charge < -0.3 is 29.3 Å². The van der Waals surface area contributed by atoms with Gasteiger partial charge in [-0.1, -0.05) is 35.9 Å². The number of nitrogens with zero attached hydrogens (tertiary/aromatic N) is 7. The van der Waals surface area contributed by atoms with Crippen molar-refractivity contribution in [2.24, 2.45) is 12.0 Å². The van der Waals surface area contributed by atoms with Crippen LogP contribution in [0.15, 0.2) is 71.8 Å². The molecule has 0 unspecified atom stereocenters. The first kappa shape index (κ1) is 33.4. The molecule has 0 bridgehead atoms. The minimum absolute atomic E-state index is 0.181. The lowest BCUT2D eigenvalue weighted by atomic mass is 9.98. The molecule has 6 rings (SSSR count). The Labute approximate surface area is 289 Å². The molecule has 0 saturated heterocycles. The number of amides is 2. The van der Waals surface area contributed by atoms with Crippen molar-refractivity contribution in [1.82, 2.24) is 24.3 Å². The summed E-state index contributed by atoms with van der Waals surface area (Å²) < 4.78 is 7.45. The van der Waals surface area contributed by atoms with Gasteiger partial charge in [-0.15, -0.1) is 0 Å². The monoisotopic (exact) mass is 678 g/mol. The van der Waals surface area contributed by atoms with Crippen LogP contribution in [0.2, 0.25) is 5.02 Å². The minimum Gasteiger partial charge on any atom is -0.496 e. The van der Waals surface area contributed by atoms with Gasteiger partial charge in [-0.05, 0) is 37.2 Å². The lowest BCUT2D eigenvalue weighted by Gasteiger charge is -2.23. The minimum atomic E-state index is -0.348. The van der Waals surface area contributed by atoms with Crippen molar-refractivity contribution in [2.75, 3.05) is 38.0 Å². The van der Waals surface area contributed by atoms with E-state index in [4.69, 9.17) is 16.3 Å². The summed E-state index contributed by atoms with van der Waals surface area (Å²) in [6.45, 7) is 3.79. The zero-order valence-corrected chi connectivity index (χ0v) is 28.6. The summed E-state index contributed by atoms with van der Waals surface area (Å²) in [5, 5.41) is 3.32. The summed E-state index contributed by atoms with van der Waals surface area (Å²) in [4.78, 5) is 56.9. The van der Waals surface area contributed by atoms with E-state index >= 15 is 0 Å². The Balaban J connectivity index is 1.23. The topological polar surface area (TPSA) is 125 Å². The van der Waals surface area contributed by atoms with E-state index in [0.29, 0.717) is 45.6 Å². The van der Waals surface area contributed by atoms with Gasteiger partial charge in [0.05, 0.1) is 36.3 Å². The van der Waals surface area contributed by atoms with Crippen molar-refractivity contribution in [3.63, 3.8) is 0 Å². The number of hydrogen-bond donors (Lipinski definition) is 1. The molecule has 4 aromatic rings. The molecule has 0 radical (unpaired) electrons. The molecule has 2 aliphatic rings. The maximum Gasteiger partial charge on any atom is 0.291 e. The highest BCUT2D eigenvalue weighted by atomic mass is 35.5. The van der Waals surface area contributed by atoms with E-state index in [1.807, 2.05) is 61.9 Å². The van der Waals surface area contributed by atoms with E-state index in [2.05, 4.69) is 25.2 Å². The average Bonchev–Trinajstić information content (AvgIpc) is 3.44. The van der Waals surface area contributed by atoms with Gasteiger partial charge in [0.1, 0.15) is 17.1 Å². The molecule has 0 atom stereocenters. The Morgan fingerprint density at radius 1 is 1.14 bits per heavy atom. The van der Waals surface area contributed by atoms with Crippen molar-refractivity contribution in [3.8, 4) is 16.9 Å². The lowest BCUT2D eigenvalue weighted by Crippen LogP contribution is -2.28. The Hall–Kier alpha value is -5.55.